The van der Waals surface area contributed by atoms with E-state index in [1.807, 2.05) is 0 Å². The Labute approximate surface area is 129 Å². The largest absolute Gasteiger partial charge is 0.493 e. The van der Waals surface area contributed by atoms with Gasteiger partial charge in [0.1, 0.15) is 0 Å². The second-order valence-electron chi connectivity index (χ2n) is 4.44. The lowest BCUT2D eigenvalue weighted by Crippen LogP contribution is -2.30. The lowest BCUT2D eigenvalue weighted by atomic mass is 10.2. The van der Waals surface area contributed by atoms with E-state index in [0.717, 1.165) is 12.1 Å². The third kappa shape index (κ3) is 5.41. The number of hydrogen-bond donors (Lipinski definition) is 2. The molecule has 6 nitrogen and oxygen atoms in total. The molecule has 0 aliphatic carbocycles. The molecule has 0 aliphatic heterocycles. The van der Waals surface area contributed by atoms with Crippen molar-refractivity contribution >= 4 is 17.5 Å². The summed E-state index contributed by atoms with van der Waals surface area (Å²) in [6.45, 7) is 3.53. The van der Waals surface area contributed by atoms with Crippen molar-refractivity contribution in [1.29, 1.82) is 0 Å². The van der Waals surface area contributed by atoms with Crippen LogP contribution in [0.15, 0.2) is 12.1 Å². The first-order valence-corrected chi connectivity index (χ1v) is 6.89. The summed E-state index contributed by atoms with van der Waals surface area (Å²) >= 11 is 6.19. The number of halogens is 1. The van der Waals surface area contributed by atoms with Crippen LogP contribution in [0.5, 0.6) is 11.5 Å². The fourth-order valence-corrected chi connectivity index (χ4v) is 1.91. The van der Waals surface area contributed by atoms with Crippen LogP contribution in [0.25, 0.3) is 0 Å². The van der Waals surface area contributed by atoms with Crippen LogP contribution in [-0.4, -0.2) is 39.4 Å². The van der Waals surface area contributed by atoms with Crippen LogP contribution < -0.4 is 20.5 Å². The van der Waals surface area contributed by atoms with Crippen LogP contribution in [0.3, 0.4) is 0 Å². The smallest absolute Gasteiger partial charge is 0.258 e. The normalized spacial score (nSPS) is 12.0. The number of methoxy groups -OCH3 is 2. The summed E-state index contributed by atoms with van der Waals surface area (Å²) in [4.78, 5) is 11.1. The topological polar surface area (TPSA) is 82.8 Å². The van der Waals surface area contributed by atoms with Gasteiger partial charge in [0.15, 0.2) is 17.6 Å². The van der Waals surface area contributed by atoms with Gasteiger partial charge in [0.25, 0.3) is 5.91 Å². The summed E-state index contributed by atoms with van der Waals surface area (Å²) in [7, 11) is 3.16. The van der Waals surface area contributed by atoms with Gasteiger partial charge in [-0.2, -0.15) is 0 Å². The molecule has 0 fully saturated rings. The first-order chi connectivity index (χ1) is 9.99. The number of amides is 1. The fraction of sp³-hybridized carbons (Fsp3) is 0.500. The van der Waals surface area contributed by atoms with Gasteiger partial charge in [-0.05, 0) is 24.6 Å². The lowest BCUT2D eigenvalue weighted by molar-refractivity contribution is -0.124. The highest BCUT2D eigenvalue weighted by molar-refractivity contribution is 6.32. The molecule has 1 aromatic carbocycles. The van der Waals surface area contributed by atoms with Gasteiger partial charge in [-0.25, -0.2) is 0 Å². The van der Waals surface area contributed by atoms with Crippen molar-refractivity contribution in [2.45, 2.75) is 19.6 Å². The first kappa shape index (κ1) is 17.6. The maximum atomic E-state index is 11.1. The molecule has 3 N–H and O–H groups in total. The van der Waals surface area contributed by atoms with E-state index in [-0.39, 0.29) is 0 Å². The van der Waals surface area contributed by atoms with Crippen molar-refractivity contribution in [3.63, 3.8) is 0 Å². The van der Waals surface area contributed by atoms with Gasteiger partial charge in [-0.15, -0.1) is 0 Å². The van der Waals surface area contributed by atoms with E-state index in [4.69, 9.17) is 31.5 Å². The van der Waals surface area contributed by atoms with Crippen molar-refractivity contribution in [1.82, 2.24) is 5.32 Å². The third-order valence-corrected chi connectivity index (χ3v) is 3.08. The molecule has 0 bridgehead atoms. The predicted octanol–water partition coefficient (Wildman–Crippen LogP) is 1.34. The molecule has 1 rings (SSSR count). The van der Waals surface area contributed by atoms with Crippen LogP contribution in [0.2, 0.25) is 5.02 Å². The molecular formula is C14H21ClN2O4. The molecule has 0 aromatic heterocycles. The zero-order valence-corrected chi connectivity index (χ0v) is 13.2. The number of nitrogens with two attached hydrogens (primary N) is 1. The van der Waals surface area contributed by atoms with Crippen LogP contribution in [0.4, 0.5) is 0 Å². The summed E-state index contributed by atoms with van der Waals surface area (Å²) in [5, 5.41) is 3.57. The van der Waals surface area contributed by atoms with E-state index in [9.17, 15) is 4.79 Å². The van der Waals surface area contributed by atoms with E-state index in [1.165, 1.54) is 7.11 Å². The highest BCUT2D eigenvalue weighted by Crippen LogP contribution is 2.37. The van der Waals surface area contributed by atoms with Gasteiger partial charge >= 0.3 is 0 Å². The zero-order valence-electron chi connectivity index (χ0n) is 12.4. The first-order valence-electron chi connectivity index (χ1n) is 6.51. The number of primary amides is 1. The second kappa shape index (κ2) is 8.71. The monoisotopic (exact) mass is 316 g/mol. The van der Waals surface area contributed by atoms with E-state index >= 15 is 0 Å². The predicted molar refractivity (Wildman–Crippen MR) is 80.9 cm³/mol. The van der Waals surface area contributed by atoms with Crippen LogP contribution in [0, 0.1) is 0 Å². The van der Waals surface area contributed by atoms with Crippen molar-refractivity contribution in [3.8, 4) is 11.5 Å². The highest BCUT2D eigenvalue weighted by Gasteiger charge is 2.17. The fourth-order valence-electron chi connectivity index (χ4n) is 1.63. The molecule has 21 heavy (non-hydrogen) atoms. The summed E-state index contributed by atoms with van der Waals surface area (Å²) in [5.74, 6) is 0.198. The Hall–Kier alpha value is -1.50. The molecular weight excluding hydrogens is 296 g/mol. The molecule has 1 unspecified atom stereocenters. The van der Waals surface area contributed by atoms with Crippen LogP contribution in [-0.2, 0) is 16.1 Å². The van der Waals surface area contributed by atoms with Gasteiger partial charge in [0, 0.05) is 20.2 Å². The summed E-state index contributed by atoms with van der Waals surface area (Å²) < 4.78 is 15.7. The number of ether oxygens (including phenoxy) is 3. The molecule has 0 saturated carbocycles. The summed E-state index contributed by atoms with van der Waals surface area (Å²) in [6.07, 6.45) is -0.790. The van der Waals surface area contributed by atoms with Crippen molar-refractivity contribution in [2.75, 3.05) is 27.4 Å². The van der Waals surface area contributed by atoms with Gasteiger partial charge in [0.2, 0.25) is 0 Å². The van der Waals surface area contributed by atoms with Crippen LogP contribution >= 0.6 is 11.6 Å². The molecule has 0 heterocycles. The number of nitrogens with one attached hydrogen (secondary N) is 1. The van der Waals surface area contributed by atoms with E-state index in [1.54, 1.807) is 26.2 Å². The minimum atomic E-state index is -0.790. The quantitative estimate of drug-likeness (QED) is 0.672. The molecule has 7 heteroatoms. The lowest BCUT2D eigenvalue weighted by Gasteiger charge is -2.17. The zero-order chi connectivity index (χ0) is 15.8. The Bertz CT molecular complexity index is 482. The second-order valence-corrected chi connectivity index (χ2v) is 4.85. The van der Waals surface area contributed by atoms with Crippen molar-refractivity contribution in [3.05, 3.63) is 22.7 Å². The number of benzene rings is 1. The summed E-state index contributed by atoms with van der Waals surface area (Å²) in [5.41, 5.74) is 6.12. The molecule has 1 amide bonds. The summed E-state index contributed by atoms with van der Waals surface area (Å²) in [6, 6.07) is 3.56. The van der Waals surface area contributed by atoms with Crippen LogP contribution in [0.1, 0.15) is 12.5 Å². The highest BCUT2D eigenvalue weighted by atomic mass is 35.5. The van der Waals surface area contributed by atoms with Gasteiger partial charge in [-0.1, -0.05) is 11.6 Å². The van der Waals surface area contributed by atoms with Crippen molar-refractivity contribution < 1.29 is 19.0 Å². The Morgan fingerprint density at radius 1 is 1.43 bits per heavy atom. The minimum Gasteiger partial charge on any atom is -0.493 e. The third-order valence-electron chi connectivity index (χ3n) is 2.80. The molecule has 0 spiro atoms. The molecule has 0 aliphatic rings. The molecule has 1 atom stereocenters. The number of hydrogen-bond acceptors (Lipinski definition) is 5. The molecule has 0 radical (unpaired) electrons. The Morgan fingerprint density at radius 2 is 2.14 bits per heavy atom. The van der Waals surface area contributed by atoms with Crippen molar-refractivity contribution in [2.24, 2.45) is 5.73 Å². The number of carbonyl (C=O) groups excluding carboxylic acids is 1. The van der Waals surface area contributed by atoms with E-state index in [0.29, 0.717) is 29.7 Å². The van der Waals surface area contributed by atoms with Gasteiger partial charge < -0.3 is 25.3 Å². The minimum absolute atomic E-state index is 0.311. The average Bonchev–Trinajstić information content (AvgIpc) is 2.45. The molecule has 0 saturated heterocycles. The Morgan fingerprint density at radius 3 is 2.71 bits per heavy atom. The Kier molecular flexibility index (Phi) is 7.28. The maximum absolute atomic E-state index is 11.1. The van der Waals surface area contributed by atoms with E-state index in [2.05, 4.69) is 5.32 Å². The number of carbonyl (C=O) groups is 1. The van der Waals surface area contributed by atoms with Gasteiger partial charge in [-0.3, -0.25) is 4.79 Å². The maximum Gasteiger partial charge on any atom is 0.258 e. The Balaban J connectivity index is 2.84. The number of rotatable bonds is 9. The standard InChI is InChI=1S/C14H21ClN2O4/c1-9(14(16)18)21-13-11(15)6-10(7-12(13)20-3)8-17-4-5-19-2/h6-7,9,17H,4-5,8H2,1-3H3,(H2,16,18). The molecule has 118 valence electrons. The molecule has 1 aromatic rings. The average molecular weight is 317 g/mol. The van der Waals surface area contributed by atoms with Gasteiger partial charge in [0.05, 0.1) is 18.7 Å². The van der Waals surface area contributed by atoms with E-state index < -0.39 is 12.0 Å². The SMILES string of the molecule is COCCNCc1cc(Cl)c(OC(C)C(N)=O)c(OC)c1.